The summed E-state index contributed by atoms with van der Waals surface area (Å²) >= 11 is 1.52. The second kappa shape index (κ2) is 6.87. The molecule has 2 heterocycles. The van der Waals surface area contributed by atoms with E-state index in [0.717, 1.165) is 25.0 Å². The van der Waals surface area contributed by atoms with Gasteiger partial charge in [-0.15, -0.1) is 11.3 Å². The lowest BCUT2D eigenvalue weighted by atomic mass is 10.1. The third-order valence-electron chi connectivity index (χ3n) is 4.55. The number of carbonyl (C=O) groups excluding carboxylic acids is 3. The van der Waals surface area contributed by atoms with E-state index in [1.54, 1.807) is 24.3 Å². The number of hydrogen-bond donors (Lipinski definition) is 3. The first-order valence-corrected chi connectivity index (χ1v) is 9.41. The van der Waals surface area contributed by atoms with Gasteiger partial charge in [0.2, 0.25) is 11.8 Å². The lowest BCUT2D eigenvalue weighted by Crippen LogP contribution is -2.41. The van der Waals surface area contributed by atoms with Gasteiger partial charge in [0.25, 0.3) is 5.91 Å². The summed E-state index contributed by atoms with van der Waals surface area (Å²) in [4.78, 5) is 42.4. The Balaban J connectivity index is 1.36. The number of anilines is 2. The molecule has 1 aromatic carbocycles. The van der Waals surface area contributed by atoms with Gasteiger partial charge in [0.15, 0.2) is 5.13 Å². The molecular formula is C18H18N4O3S. The van der Waals surface area contributed by atoms with Crippen molar-refractivity contribution in [3.63, 3.8) is 0 Å². The Morgan fingerprint density at radius 3 is 2.96 bits per heavy atom. The first-order chi connectivity index (χ1) is 12.6. The van der Waals surface area contributed by atoms with Gasteiger partial charge in [-0.3, -0.25) is 14.4 Å². The molecule has 3 amide bonds. The van der Waals surface area contributed by atoms with Crippen LogP contribution in [0.25, 0.3) is 0 Å². The minimum absolute atomic E-state index is 0.124. The van der Waals surface area contributed by atoms with Crippen molar-refractivity contribution in [3.05, 3.63) is 40.4 Å². The maximum Gasteiger partial charge on any atom is 0.254 e. The van der Waals surface area contributed by atoms with E-state index in [0.29, 0.717) is 16.4 Å². The molecule has 1 atom stereocenters. The van der Waals surface area contributed by atoms with E-state index in [1.165, 1.54) is 16.2 Å². The van der Waals surface area contributed by atoms with Crippen LogP contribution in [0.5, 0.6) is 0 Å². The number of amides is 3. The zero-order valence-corrected chi connectivity index (χ0v) is 14.8. The second-order valence-corrected chi connectivity index (χ2v) is 7.47. The summed E-state index contributed by atoms with van der Waals surface area (Å²) in [5, 5.41) is 8.84. The number of thiazole rings is 1. The van der Waals surface area contributed by atoms with Gasteiger partial charge in [0.05, 0.1) is 16.9 Å². The van der Waals surface area contributed by atoms with E-state index >= 15 is 0 Å². The molecule has 1 aliphatic heterocycles. The van der Waals surface area contributed by atoms with E-state index in [4.69, 9.17) is 0 Å². The van der Waals surface area contributed by atoms with E-state index < -0.39 is 6.04 Å². The molecule has 2 aliphatic rings. The van der Waals surface area contributed by atoms with Gasteiger partial charge in [0.1, 0.15) is 6.04 Å². The summed E-state index contributed by atoms with van der Waals surface area (Å²) < 4.78 is 0. The van der Waals surface area contributed by atoms with Crippen molar-refractivity contribution < 1.29 is 14.4 Å². The number of nitrogens with one attached hydrogen (secondary N) is 3. The maximum atomic E-state index is 12.3. The number of fused-ring (bicyclic) bond motifs is 2. The molecule has 4 rings (SSSR count). The van der Waals surface area contributed by atoms with Crippen molar-refractivity contribution in [2.24, 2.45) is 0 Å². The highest BCUT2D eigenvalue weighted by atomic mass is 32.1. The Labute approximate surface area is 154 Å². The van der Waals surface area contributed by atoms with Crippen LogP contribution in [0.1, 0.15) is 40.2 Å². The predicted octanol–water partition coefficient (Wildman–Crippen LogP) is 2.10. The molecule has 0 unspecified atom stereocenters. The van der Waals surface area contributed by atoms with E-state index in [-0.39, 0.29) is 30.6 Å². The van der Waals surface area contributed by atoms with Crippen LogP contribution >= 0.6 is 11.3 Å². The maximum absolute atomic E-state index is 12.3. The molecule has 0 saturated heterocycles. The molecule has 26 heavy (non-hydrogen) atoms. The summed E-state index contributed by atoms with van der Waals surface area (Å²) in [6.07, 6.45) is 3.47. The van der Waals surface area contributed by atoms with Crippen LogP contribution in [0, 0.1) is 0 Å². The highest BCUT2D eigenvalue weighted by Gasteiger charge is 2.28. The zero-order chi connectivity index (χ0) is 18.1. The largest absolute Gasteiger partial charge is 0.340 e. The van der Waals surface area contributed by atoms with Crippen LogP contribution in [0.2, 0.25) is 0 Å². The number of carbonyl (C=O) groups is 3. The van der Waals surface area contributed by atoms with E-state index in [1.807, 2.05) is 0 Å². The molecule has 0 bridgehead atoms. The van der Waals surface area contributed by atoms with Gasteiger partial charge in [-0.25, -0.2) is 4.98 Å². The highest BCUT2D eigenvalue weighted by Crippen LogP contribution is 2.30. The molecule has 1 aromatic heterocycles. The molecule has 3 N–H and O–H groups in total. The van der Waals surface area contributed by atoms with Crippen molar-refractivity contribution in [3.8, 4) is 0 Å². The number of hydrogen-bond acceptors (Lipinski definition) is 5. The van der Waals surface area contributed by atoms with Gasteiger partial charge in [-0.1, -0.05) is 12.1 Å². The van der Waals surface area contributed by atoms with Gasteiger partial charge < -0.3 is 16.0 Å². The van der Waals surface area contributed by atoms with E-state index in [2.05, 4.69) is 20.9 Å². The normalized spacial score (nSPS) is 18.4. The Bertz CT molecular complexity index is 871. The summed E-state index contributed by atoms with van der Waals surface area (Å²) in [6, 6.07) is 6.09. The highest BCUT2D eigenvalue weighted by molar-refractivity contribution is 7.15. The number of aromatic nitrogens is 1. The van der Waals surface area contributed by atoms with E-state index in [9.17, 15) is 14.4 Å². The average molecular weight is 370 g/mol. The third-order valence-corrected chi connectivity index (χ3v) is 5.63. The smallest absolute Gasteiger partial charge is 0.254 e. The quantitative estimate of drug-likeness (QED) is 0.767. The van der Waals surface area contributed by atoms with Gasteiger partial charge >= 0.3 is 0 Å². The standard InChI is InChI=1S/C18H18N4O3S/c23-15(22-18-21-12-6-3-7-14(12)26-18)9-8-13-17(25)19-11-5-2-1-4-10(11)16(24)20-13/h1-2,4-5,13H,3,6-9H2,(H,19,25)(H,20,24)(H,21,22,23)/t13-/m1/s1. The van der Waals surface area contributed by atoms with Crippen molar-refractivity contribution in [2.75, 3.05) is 10.6 Å². The molecule has 0 spiro atoms. The van der Waals surface area contributed by atoms with Gasteiger partial charge in [-0.2, -0.15) is 0 Å². The number of para-hydroxylation sites is 1. The number of benzene rings is 1. The summed E-state index contributed by atoms with van der Waals surface area (Å²) in [5.74, 6) is -0.841. The van der Waals surface area contributed by atoms with Crippen LogP contribution < -0.4 is 16.0 Å². The second-order valence-electron chi connectivity index (χ2n) is 6.39. The zero-order valence-electron chi connectivity index (χ0n) is 14.0. The van der Waals surface area contributed by atoms with Crippen molar-refractivity contribution in [1.29, 1.82) is 0 Å². The molecule has 134 valence electrons. The first-order valence-electron chi connectivity index (χ1n) is 8.59. The van der Waals surface area contributed by atoms with Crippen LogP contribution in [0.15, 0.2) is 24.3 Å². The van der Waals surface area contributed by atoms with Crippen LogP contribution in [-0.4, -0.2) is 28.7 Å². The minimum Gasteiger partial charge on any atom is -0.340 e. The first kappa shape index (κ1) is 16.7. The fourth-order valence-electron chi connectivity index (χ4n) is 3.22. The van der Waals surface area contributed by atoms with Crippen LogP contribution in [0.3, 0.4) is 0 Å². The Kier molecular flexibility index (Phi) is 4.42. The Morgan fingerprint density at radius 1 is 1.27 bits per heavy atom. The average Bonchev–Trinajstić information content (AvgIpc) is 3.16. The Hall–Kier alpha value is -2.74. The number of aryl methyl sites for hydroxylation is 2. The fraction of sp³-hybridized carbons (Fsp3) is 0.333. The summed E-state index contributed by atoms with van der Waals surface area (Å²) in [7, 11) is 0. The fourth-order valence-corrected chi connectivity index (χ4v) is 4.28. The van der Waals surface area contributed by atoms with Crippen LogP contribution in [-0.2, 0) is 22.4 Å². The SMILES string of the molecule is O=C(CC[C@H]1NC(=O)c2ccccc2NC1=O)Nc1nc2c(s1)CCC2. The molecule has 0 fully saturated rings. The lowest BCUT2D eigenvalue weighted by molar-refractivity contribution is -0.118. The van der Waals surface area contributed by atoms with Crippen molar-refractivity contribution >= 4 is 39.9 Å². The molecule has 1 aliphatic carbocycles. The Morgan fingerprint density at radius 2 is 2.12 bits per heavy atom. The monoisotopic (exact) mass is 370 g/mol. The van der Waals surface area contributed by atoms with Crippen molar-refractivity contribution in [1.82, 2.24) is 10.3 Å². The molecule has 8 heteroatoms. The minimum atomic E-state index is -0.748. The predicted molar refractivity (Wildman–Crippen MR) is 98.3 cm³/mol. The molecular weight excluding hydrogens is 352 g/mol. The molecule has 2 aromatic rings. The molecule has 0 radical (unpaired) electrons. The van der Waals surface area contributed by atoms with Gasteiger partial charge in [-0.05, 0) is 37.8 Å². The number of rotatable bonds is 4. The summed E-state index contributed by atoms with van der Waals surface area (Å²) in [6.45, 7) is 0. The van der Waals surface area contributed by atoms with Gasteiger partial charge in [0, 0.05) is 11.3 Å². The molecule has 0 saturated carbocycles. The van der Waals surface area contributed by atoms with Crippen LogP contribution in [0.4, 0.5) is 10.8 Å². The topological polar surface area (TPSA) is 100 Å². The lowest BCUT2D eigenvalue weighted by Gasteiger charge is -2.13. The molecule has 7 nitrogen and oxygen atoms in total. The summed E-state index contributed by atoms with van der Waals surface area (Å²) in [5.41, 5.74) is 1.99. The van der Waals surface area contributed by atoms with Crippen molar-refractivity contribution in [2.45, 2.75) is 38.1 Å². The number of nitrogens with zero attached hydrogens (tertiary/aromatic N) is 1. The third kappa shape index (κ3) is 3.32.